The highest BCUT2D eigenvalue weighted by Gasteiger charge is 2.21. The number of benzene rings is 2. The van der Waals surface area contributed by atoms with E-state index in [-0.39, 0.29) is 11.8 Å². The predicted octanol–water partition coefficient (Wildman–Crippen LogP) is 2.54. The molecule has 0 aromatic heterocycles. The van der Waals surface area contributed by atoms with E-state index in [9.17, 15) is 9.59 Å². The van der Waals surface area contributed by atoms with Crippen molar-refractivity contribution >= 4 is 11.8 Å². The molecule has 0 heterocycles. The molecule has 29 heavy (non-hydrogen) atoms. The Morgan fingerprint density at radius 2 is 1.69 bits per heavy atom. The molecular formula is C23H31N3O3. The molecule has 6 heteroatoms. The Balaban J connectivity index is 2.01. The first kappa shape index (κ1) is 22.4. The summed E-state index contributed by atoms with van der Waals surface area (Å²) in [6.07, 6.45) is 1.25. The van der Waals surface area contributed by atoms with Crippen LogP contribution in [0.1, 0.15) is 36.2 Å². The Bertz CT molecular complexity index is 748. The average molecular weight is 398 g/mol. The smallest absolute Gasteiger partial charge is 0.251 e. The van der Waals surface area contributed by atoms with E-state index in [4.69, 9.17) is 4.74 Å². The molecule has 1 atom stereocenters. The SMILES string of the molecule is CCCNC(=O)C(Cc1ccc(OCCNCC)cc1)NC(=O)c1ccccc1. The van der Waals surface area contributed by atoms with Crippen LogP contribution in [0.4, 0.5) is 0 Å². The monoisotopic (exact) mass is 397 g/mol. The van der Waals surface area contributed by atoms with Crippen molar-refractivity contribution < 1.29 is 14.3 Å². The fourth-order valence-electron chi connectivity index (χ4n) is 2.79. The molecule has 156 valence electrons. The summed E-state index contributed by atoms with van der Waals surface area (Å²) in [7, 11) is 0. The van der Waals surface area contributed by atoms with Crippen molar-refractivity contribution in [2.24, 2.45) is 0 Å². The molecule has 2 aromatic rings. The van der Waals surface area contributed by atoms with Gasteiger partial charge in [-0.05, 0) is 42.8 Å². The van der Waals surface area contributed by atoms with E-state index >= 15 is 0 Å². The van der Waals surface area contributed by atoms with Crippen molar-refractivity contribution in [3.8, 4) is 5.75 Å². The molecule has 0 saturated carbocycles. The second-order valence-electron chi connectivity index (χ2n) is 6.73. The third kappa shape index (κ3) is 7.95. The molecule has 0 aliphatic heterocycles. The maximum Gasteiger partial charge on any atom is 0.251 e. The topological polar surface area (TPSA) is 79.5 Å². The Kier molecular flexibility index (Phi) is 9.72. The van der Waals surface area contributed by atoms with Crippen LogP contribution in [0.25, 0.3) is 0 Å². The highest BCUT2D eigenvalue weighted by Crippen LogP contribution is 2.14. The maximum atomic E-state index is 12.6. The molecule has 0 spiro atoms. The second-order valence-corrected chi connectivity index (χ2v) is 6.73. The van der Waals surface area contributed by atoms with E-state index in [1.165, 1.54) is 0 Å². The molecule has 2 aromatic carbocycles. The zero-order valence-electron chi connectivity index (χ0n) is 17.2. The average Bonchev–Trinajstić information content (AvgIpc) is 2.76. The summed E-state index contributed by atoms with van der Waals surface area (Å²) in [5.41, 5.74) is 1.49. The zero-order chi connectivity index (χ0) is 20.9. The number of carbonyl (C=O) groups excluding carboxylic acids is 2. The van der Waals surface area contributed by atoms with E-state index in [1.54, 1.807) is 24.3 Å². The summed E-state index contributed by atoms with van der Waals surface area (Å²) in [6.45, 7) is 6.93. The molecule has 1 unspecified atom stereocenters. The second kappa shape index (κ2) is 12.6. The van der Waals surface area contributed by atoms with Crippen molar-refractivity contribution in [1.82, 2.24) is 16.0 Å². The lowest BCUT2D eigenvalue weighted by Gasteiger charge is -2.19. The minimum atomic E-state index is -0.644. The van der Waals surface area contributed by atoms with Crippen molar-refractivity contribution in [2.75, 3.05) is 26.2 Å². The quantitative estimate of drug-likeness (QED) is 0.481. The maximum absolute atomic E-state index is 12.6. The van der Waals surface area contributed by atoms with Gasteiger partial charge in [-0.2, -0.15) is 0 Å². The van der Waals surface area contributed by atoms with Gasteiger partial charge in [-0.1, -0.05) is 44.2 Å². The van der Waals surface area contributed by atoms with E-state index in [0.717, 1.165) is 30.8 Å². The van der Waals surface area contributed by atoms with Gasteiger partial charge >= 0.3 is 0 Å². The number of amides is 2. The summed E-state index contributed by atoms with van der Waals surface area (Å²) in [5, 5.41) is 8.95. The van der Waals surface area contributed by atoms with Gasteiger partial charge in [-0.25, -0.2) is 0 Å². The standard InChI is InChI=1S/C23H31N3O3/c1-3-14-25-23(28)21(26-22(27)19-8-6-5-7-9-19)17-18-10-12-20(13-11-18)29-16-15-24-4-2/h5-13,21,24H,3-4,14-17H2,1-2H3,(H,25,28)(H,26,27). The van der Waals surface area contributed by atoms with Crippen LogP contribution in [0.2, 0.25) is 0 Å². The lowest BCUT2D eigenvalue weighted by Crippen LogP contribution is -2.48. The molecule has 0 aliphatic rings. The third-order valence-electron chi connectivity index (χ3n) is 4.37. The Labute approximate surface area is 173 Å². The Morgan fingerprint density at radius 3 is 2.34 bits per heavy atom. The van der Waals surface area contributed by atoms with Gasteiger partial charge in [0.25, 0.3) is 5.91 Å². The molecule has 2 rings (SSSR count). The number of hydrogen-bond acceptors (Lipinski definition) is 4. The summed E-state index contributed by atoms with van der Waals surface area (Å²) >= 11 is 0. The Morgan fingerprint density at radius 1 is 0.966 bits per heavy atom. The number of likely N-dealkylation sites (N-methyl/N-ethyl adjacent to an activating group) is 1. The summed E-state index contributed by atoms with van der Waals surface area (Å²) in [5.74, 6) is 0.347. The highest BCUT2D eigenvalue weighted by atomic mass is 16.5. The number of nitrogens with one attached hydrogen (secondary N) is 3. The summed E-state index contributed by atoms with van der Waals surface area (Å²) in [6, 6.07) is 15.9. The van der Waals surface area contributed by atoms with Crippen LogP contribution in [0.15, 0.2) is 54.6 Å². The number of hydrogen-bond donors (Lipinski definition) is 3. The first-order valence-electron chi connectivity index (χ1n) is 10.2. The van der Waals surface area contributed by atoms with Crippen molar-refractivity contribution in [1.29, 1.82) is 0 Å². The Hall–Kier alpha value is -2.86. The molecule has 6 nitrogen and oxygen atoms in total. The van der Waals surface area contributed by atoms with Gasteiger partial charge in [0.2, 0.25) is 5.91 Å². The summed E-state index contributed by atoms with van der Waals surface area (Å²) < 4.78 is 5.68. The van der Waals surface area contributed by atoms with Crippen molar-refractivity contribution in [3.05, 3.63) is 65.7 Å². The molecule has 0 bridgehead atoms. The molecule has 0 fully saturated rings. The van der Waals surface area contributed by atoms with Crippen molar-refractivity contribution in [2.45, 2.75) is 32.7 Å². The van der Waals surface area contributed by atoms with Crippen LogP contribution >= 0.6 is 0 Å². The van der Waals surface area contributed by atoms with Crippen LogP contribution < -0.4 is 20.7 Å². The predicted molar refractivity (Wildman–Crippen MR) is 115 cm³/mol. The minimum Gasteiger partial charge on any atom is -0.492 e. The van der Waals surface area contributed by atoms with E-state index in [0.29, 0.717) is 25.1 Å². The van der Waals surface area contributed by atoms with Crippen LogP contribution in [-0.2, 0) is 11.2 Å². The van der Waals surface area contributed by atoms with Gasteiger partial charge in [0.05, 0.1) is 0 Å². The largest absolute Gasteiger partial charge is 0.492 e. The summed E-state index contributed by atoms with van der Waals surface area (Å²) in [4.78, 5) is 25.1. The first-order valence-corrected chi connectivity index (χ1v) is 10.2. The van der Waals surface area contributed by atoms with Crippen LogP contribution in [-0.4, -0.2) is 44.1 Å². The molecule has 0 saturated heterocycles. The molecule has 3 N–H and O–H groups in total. The van der Waals surface area contributed by atoms with E-state index < -0.39 is 6.04 Å². The number of rotatable bonds is 12. The van der Waals surface area contributed by atoms with Gasteiger partial charge in [0.1, 0.15) is 18.4 Å². The van der Waals surface area contributed by atoms with Gasteiger partial charge < -0.3 is 20.7 Å². The van der Waals surface area contributed by atoms with Gasteiger partial charge in [-0.3, -0.25) is 9.59 Å². The fourth-order valence-corrected chi connectivity index (χ4v) is 2.79. The van der Waals surface area contributed by atoms with Crippen LogP contribution in [0.5, 0.6) is 5.75 Å². The van der Waals surface area contributed by atoms with Gasteiger partial charge in [0.15, 0.2) is 0 Å². The molecule has 0 aliphatic carbocycles. The van der Waals surface area contributed by atoms with Crippen LogP contribution in [0.3, 0.4) is 0 Å². The van der Waals surface area contributed by atoms with Gasteiger partial charge in [0, 0.05) is 25.1 Å². The molecule has 2 amide bonds. The fraction of sp³-hybridized carbons (Fsp3) is 0.391. The first-order chi connectivity index (χ1) is 14.1. The minimum absolute atomic E-state index is 0.179. The molecule has 0 radical (unpaired) electrons. The normalized spacial score (nSPS) is 11.5. The molecular weight excluding hydrogens is 366 g/mol. The van der Waals surface area contributed by atoms with E-state index in [2.05, 4.69) is 22.9 Å². The number of ether oxygens (including phenoxy) is 1. The highest BCUT2D eigenvalue weighted by molar-refractivity contribution is 5.97. The lowest BCUT2D eigenvalue weighted by atomic mass is 10.0. The number of carbonyl (C=O) groups is 2. The van der Waals surface area contributed by atoms with E-state index in [1.807, 2.05) is 37.3 Å². The lowest BCUT2D eigenvalue weighted by molar-refractivity contribution is -0.122. The van der Waals surface area contributed by atoms with Gasteiger partial charge in [-0.15, -0.1) is 0 Å². The van der Waals surface area contributed by atoms with Crippen LogP contribution in [0, 0.1) is 0 Å². The zero-order valence-corrected chi connectivity index (χ0v) is 17.2. The third-order valence-corrected chi connectivity index (χ3v) is 4.37. The van der Waals surface area contributed by atoms with Crippen molar-refractivity contribution in [3.63, 3.8) is 0 Å².